The highest BCUT2D eigenvalue weighted by Gasteiger charge is 2.18. The van der Waals surface area contributed by atoms with Gasteiger partial charge in [0.15, 0.2) is 0 Å². The Balaban J connectivity index is 1.75. The maximum atomic E-state index is 11.1. The van der Waals surface area contributed by atoms with Crippen LogP contribution in [-0.2, 0) is 11.2 Å². The van der Waals surface area contributed by atoms with Crippen molar-refractivity contribution in [2.24, 2.45) is 5.92 Å². The van der Waals surface area contributed by atoms with Crippen molar-refractivity contribution in [3.8, 4) is 0 Å². The van der Waals surface area contributed by atoms with Gasteiger partial charge in [0, 0.05) is 12.5 Å². The highest BCUT2D eigenvalue weighted by atomic mass is 16.3. The molecule has 1 fully saturated rings. The maximum Gasteiger partial charge on any atom is 0.220 e. The van der Waals surface area contributed by atoms with Gasteiger partial charge in [-0.1, -0.05) is 49.4 Å². The van der Waals surface area contributed by atoms with Crippen molar-refractivity contribution in [3.63, 3.8) is 0 Å². The Morgan fingerprint density at radius 3 is 2.80 bits per heavy atom. The predicted molar refractivity (Wildman–Crippen MR) is 80.2 cm³/mol. The van der Waals surface area contributed by atoms with Crippen molar-refractivity contribution in [2.75, 3.05) is 0 Å². The fourth-order valence-corrected chi connectivity index (χ4v) is 2.43. The number of aryl methyl sites for hydroxylation is 1. The molecule has 1 heterocycles. The summed E-state index contributed by atoms with van der Waals surface area (Å²) in [5.41, 5.74) is 1.30. The fourth-order valence-electron chi connectivity index (χ4n) is 2.43. The second kappa shape index (κ2) is 7.25. The first-order chi connectivity index (χ1) is 9.65. The van der Waals surface area contributed by atoms with Gasteiger partial charge in [-0.2, -0.15) is 0 Å². The first-order valence-corrected chi connectivity index (χ1v) is 7.35. The number of carbonyl (C=O) groups is 1. The second-order valence-corrected chi connectivity index (χ2v) is 5.59. The smallest absolute Gasteiger partial charge is 0.220 e. The summed E-state index contributed by atoms with van der Waals surface area (Å²) < 4.78 is 0. The van der Waals surface area contributed by atoms with E-state index in [1.165, 1.54) is 5.56 Å². The van der Waals surface area contributed by atoms with Crippen LogP contribution in [0.5, 0.6) is 0 Å². The van der Waals surface area contributed by atoms with Crippen LogP contribution in [0.1, 0.15) is 31.7 Å². The molecule has 0 unspecified atom stereocenters. The molecular formula is C17H23NO2. The molecule has 2 N–H and O–H groups in total. The number of rotatable bonds is 6. The van der Waals surface area contributed by atoms with Crippen LogP contribution in [0.25, 0.3) is 0 Å². The quantitative estimate of drug-likeness (QED) is 0.782. The van der Waals surface area contributed by atoms with E-state index in [0.29, 0.717) is 6.42 Å². The summed E-state index contributed by atoms with van der Waals surface area (Å²) >= 11 is 0. The van der Waals surface area contributed by atoms with Gasteiger partial charge in [0.2, 0.25) is 5.91 Å². The van der Waals surface area contributed by atoms with Crippen LogP contribution in [0.2, 0.25) is 0 Å². The zero-order valence-electron chi connectivity index (χ0n) is 12.0. The minimum atomic E-state index is -0.448. The van der Waals surface area contributed by atoms with Crippen LogP contribution in [0.15, 0.2) is 42.5 Å². The van der Waals surface area contributed by atoms with Gasteiger partial charge in [0.25, 0.3) is 0 Å². The third-order valence-corrected chi connectivity index (χ3v) is 3.88. The molecule has 0 radical (unpaired) electrons. The molecule has 3 nitrogen and oxygen atoms in total. The monoisotopic (exact) mass is 273 g/mol. The van der Waals surface area contributed by atoms with E-state index in [1.54, 1.807) is 0 Å². The summed E-state index contributed by atoms with van der Waals surface area (Å²) in [7, 11) is 0. The van der Waals surface area contributed by atoms with Gasteiger partial charge in [-0.25, -0.2) is 0 Å². The third-order valence-electron chi connectivity index (χ3n) is 3.88. The lowest BCUT2D eigenvalue weighted by Crippen LogP contribution is -2.24. The van der Waals surface area contributed by atoms with E-state index >= 15 is 0 Å². The minimum absolute atomic E-state index is 0.0958. The average Bonchev–Trinajstić information content (AvgIpc) is 2.89. The lowest BCUT2D eigenvalue weighted by molar-refractivity contribution is -0.119. The van der Waals surface area contributed by atoms with Gasteiger partial charge in [0.05, 0.1) is 6.10 Å². The molecule has 1 amide bonds. The van der Waals surface area contributed by atoms with E-state index in [0.717, 1.165) is 19.3 Å². The van der Waals surface area contributed by atoms with E-state index in [1.807, 2.05) is 30.4 Å². The number of hydrogen-bond acceptors (Lipinski definition) is 2. The van der Waals surface area contributed by atoms with Crippen LogP contribution in [0.3, 0.4) is 0 Å². The zero-order chi connectivity index (χ0) is 14.4. The standard InChI is InChI=1S/C17H23NO2/c1-13(7-8-14-5-3-2-4-6-14)16(19)11-9-15-10-12-17(20)18-15/h2-6,9,11,13,15-16,19H,7-8,10,12H2,1H3,(H,18,20)/b11-9+/t13-,15-,16+/m0/s1. The normalized spacial score (nSPS) is 21.9. The Hall–Kier alpha value is -1.61. The Kier molecular flexibility index (Phi) is 5.36. The molecule has 0 aromatic heterocycles. The van der Waals surface area contributed by atoms with Crippen LogP contribution in [-0.4, -0.2) is 23.2 Å². The molecule has 3 atom stereocenters. The summed E-state index contributed by atoms with van der Waals surface area (Å²) in [6.45, 7) is 2.06. The maximum absolute atomic E-state index is 11.1. The summed E-state index contributed by atoms with van der Waals surface area (Å²) in [6, 6.07) is 10.4. The van der Waals surface area contributed by atoms with Gasteiger partial charge in [-0.05, 0) is 30.7 Å². The number of carbonyl (C=O) groups excluding carboxylic acids is 1. The average molecular weight is 273 g/mol. The summed E-state index contributed by atoms with van der Waals surface area (Å²) in [6.07, 6.45) is 6.66. The van der Waals surface area contributed by atoms with Crippen LogP contribution >= 0.6 is 0 Å². The van der Waals surface area contributed by atoms with E-state index in [4.69, 9.17) is 0 Å². The van der Waals surface area contributed by atoms with E-state index in [2.05, 4.69) is 24.4 Å². The largest absolute Gasteiger partial charge is 0.389 e. The number of hydrogen-bond donors (Lipinski definition) is 2. The first kappa shape index (κ1) is 14.8. The molecule has 1 aliphatic heterocycles. The third kappa shape index (κ3) is 4.49. The molecule has 1 aromatic carbocycles. The molecule has 3 heteroatoms. The zero-order valence-corrected chi connectivity index (χ0v) is 12.0. The number of aliphatic hydroxyl groups is 1. The summed E-state index contributed by atoms with van der Waals surface area (Å²) in [4.78, 5) is 11.1. The van der Waals surface area contributed by atoms with Gasteiger partial charge >= 0.3 is 0 Å². The molecule has 0 spiro atoms. The van der Waals surface area contributed by atoms with Crippen LogP contribution in [0, 0.1) is 5.92 Å². The highest BCUT2D eigenvalue weighted by Crippen LogP contribution is 2.15. The Morgan fingerprint density at radius 1 is 1.40 bits per heavy atom. The molecule has 1 aromatic rings. The number of amides is 1. The lowest BCUT2D eigenvalue weighted by Gasteiger charge is -2.16. The fraction of sp³-hybridized carbons (Fsp3) is 0.471. The highest BCUT2D eigenvalue weighted by molar-refractivity contribution is 5.78. The second-order valence-electron chi connectivity index (χ2n) is 5.59. The molecule has 0 aliphatic carbocycles. The number of aliphatic hydroxyl groups excluding tert-OH is 1. The van der Waals surface area contributed by atoms with Gasteiger partial charge < -0.3 is 10.4 Å². The topological polar surface area (TPSA) is 49.3 Å². The molecule has 20 heavy (non-hydrogen) atoms. The van der Waals surface area contributed by atoms with E-state index in [-0.39, 0.29) is 17.9 Å². The molecule has 1 aliphatic rings. The van der Waals surface area contributed by atoms with E-state index in [9.17, 15) is 9.90 Å². The summed E-state index contributed by atoms with van der Waals surface area (Å²) in [5.74, 6) is 0.315. The van der Waals surface area contributed by atoms with Crippen molar-refractivity contribution in [1.82, 2.24) is 5.32 Å². The number of nitrogens with one attached hydrogen (secondary N) is 1. The van der Waals surface area contributed by atoms with Crippen LogP contribution < -0.4 is 5.32 Å². The Bertz CT molecular complexity index is 455. The van der Waals surface area contributed by atoms with Crippen molar-refractivity contribution < 1.29 is 9.90 Å². The minimum Gasteiger partial charge on any atom is -0.389 e. The number of benzene rings is 1. The molecule has 0 bridgehead atoms. The van der Waals surface area contributed by atoms with Crippen LogP contribution in [0.4, 0.5) is 0 Å². The predicted octanol–water partition coefficient (Wildman–Crippen LogP) is 2.45. The Labute approximate surface area is 120 Å². The molecule has 2 rings (SSSR count). The summed E-state index contributed by atoms with van der Waals surface area (Å²) in [5, 5.41) is 13.0. The van der Waals surface area contributed by atoms with E-state index < -0.39 is 6.10 Å². The molecule has 0 saturated carbocycles. The molecule has 1 saturated heterocycles. The van der Waals surface area contributed by atoms with Gasteiger partial charge in [-0.3, -0.25) is 4.79 Å². The van der Waals surface area contributed by atoms with Crippen molar-refractivity contribution in [3.05, 3.63) is 48.0 Å². The molecular weight excluding hydrogens is 250 g/mol. The van der Waals surface area contributed by atoms with Gasteiger partial charge in [-0.15, -0.1) is 0 Å². The Morgan fingerprint density at radius 2 is 2.15 bits per heavy atom. The van der Waals surface area contributed by atoms with Crippen molar-refractivity contribution in [2.45, 2.75) is 44.8 Å². The van der Waals surface area contributed by atoms with Gasteiger partial charge in [0.1, 0.15) is 0 Å². The molecule has 108 valence electrons. The lowest BCUT2D eigenvalue weighted by atomic mass is 9.95. The van der Waals surface area contributed by atoms with Crippen molar-refractivity contribution >= 4 is 5.91 Å². The first-order valence-electron chi connectivity index (χ1n) is 7.35. The SMILES string of the molecule is C[C@@H](CCc1ccccc1)[C@H](O)/C=C/[C@H]1CCC(=O)N1. The van der Waals surface area contributed by atoms with Crippen molar-refractivity contribution in [1.29, 1.82) is 0 Å².